The van der Waals surface area contributed by atoms with Gasteiger partial charge in [-0.05, 0) is 53.8 Å². The molecular weight excluding hydrogens is 366 g/mol. The molecule has 1 aliphatic rings. The van der Waals surface area contributed by atoms with Crippen molar-refractivity contribution >= 4 is 28.1 Å². The number of nitrogens with zero attached hydrogens (tertiary/aromatic N) is 2. The highest BCUT2D eigenvalue weighted by atomic mass is 79.9. The number of halogens is 1. The van der Waals surface area contributed by atoms with E-state index in [2.05, 4.69) is 57.3 Å². The SMILES string of the molecule is Cc1cc2c(cc1C)CN(CC(=O)N/N=C\c1cccc(Br)c1)C2. The van der Waals surface area contributed by atoms with Gasteiger partial charge in [0.25, 0.3) is 5.91 Å². The van der Waals surface area contributed by atoms with E-state index in [1.54, 1.807) is 6.21 Å². The third kappa shape index (κ3) is 4.10. The number of amides is 1. The van der Waals surface area contributed by atoms with E-state index in [0.717, 1.165) is 23.1 Å². The molecule has 1 amide bonds. The van der Waals surface area contributed by atoms with Gasteiger partial charge in [0, 0.05) is 17.6 Å². The van der Waals surface area contributed by atoms with E-state index < -0.39 is 0 Å². The summed E-state index contributed by atoms with van der Waals surface area (Å²) in [5, 5.41) is 4.03. The zero-order valence-corrected chi connectivity index (χ0v) is 15.4. The van der Waals surface area contributed by atoms with Crippen LogP contribution in [0.5, 0.6) is 0 Å². The summed E-state index contributed by atoms with van der Waals surface area (Å²) >= 11 is 3.41. The normalized spacial score (nSPS) is 14.1. The molecule has 2 aromatic carbocycles. The quantitative estimate of drug-likeness (QED) is 0.646. The second-order valence-electron chi connectivity index (χ2n) is 6.20. The van der Waals surface area contributed by atoms with Gasteiger partial charge in [-0.15, -0.1) is 0 Å². The van der Waals surface area contributed by atoms with Crippen molar-refractivity contribution in [1.82, 2.24) is 10.3 Å². The number of nitrogens with one attached hydrogen (secondary N) is 1. The molecule has 24 heavy (non-hydrogen) atoms. The van der Waals surface area contributed by atoms with Crippen molar-refractivity contribution in [3.05, 3.63) is 68.7 Å². The lowest BCUT2D eigenvalue weighted by Gasteiger charge is -2.12. The number of hydrogen-bond acceptors (Lipinski definition) is 3. The van der Waals surface area contributed by atoms with Crippen LogP contribution in [0.25, 0.3) is 0 Å². The number of benzene rings is 2. The van der Waals surface area contributed by atoms with Crippen LogP contribution in [0.15, 0.2) is 46.0 Å². The van der Waals surface area contributed by atoms with Crippen LogP contribution in [0.4, 0.5) is 0 Å². The molecule has 0 atom stereocenters. The minimum Gasteiger partial charge on any atom is -0.286 e. The van der Waals surface area contributed by atoms with Crippen molar-refractivity contribution < 1.29 is 4.79 Å². The first-order valence-corrected chi connectivity index (χ1v) is 8.69. The minimum atomic E-state index is -0.0949. The number of carbonyl (C=O) groups is 1. The van der Waals surface area contributed by atoms with Crippen molar-refractivity contribution in [2.45, 2.75) is 26.9 Å². The molecule has 0 radical (unpaired) electrons. The summed E-state index contributed by atoms with van der Waals surface area (Å²) in [6, 6.07) is 12.2. The molecular formula is C19H20BrN3O. The molecule has 1 N–H and O–H groups in total. The summed E-state index contributed by atoms with van der Waals surface area (Å²) in [6.45, 7) is 6.24. The van der Waals surface area contributed by atoms with Gasteiger partial charge in [0.2, 0.25) is 0 Å². The van der Waals surface area contributed by atoms with E-state index in [9.17, 15) is 4.79 Å². The molecule has 4 nitrogen and oxygen atoms in total. The van der Waals surface area contributed by atoms with Crippen LogP contribution in [-0.2, 0) is 17.9 Å². The Labute approximate surface area is 150 Å². The predicted octanol–water partition coefficient (Wildman–Crippen LogP) is 3.53. The molecule has 0 unspecified atom stereocenters. The zero-order valence-electron chi connectivity index (χ0n) is 13.8. The molecule has 0 spiro atoms. The lowest BCUT2D eigenvalue weighted by molar-refractivity contribution is -0.122. The molecule has 1 heterocycles. The van der Waals surface area contributed by atoms with Crippen molar-refractivity contribution in [2.75, 3.05) is 6.54 Å². The van der Waals surface area contributed by atoms with Gasteiger partial charge in [0.05, 0.1) is 12.8 Å². The maximum atomic E-state index is 12.1. The van der Waals surface area contributed by atoms with Crippen LogP contribution in [0.3, 0.4) is 0 Å². The standard InChI is InChI=1S/C19H20BrN3O/c1-13-6-16-10-23(11-17(16)7-14(13)2)12-19(24)22-21-9-15-4-3-5-18(20)8-15/h3-9H,10-12H2,1-2H3,(H,22,24)/b21-9-. The summed E-state index contributed by atoms with van der Waals surface area (Å²) in [5.41, 5.74) is 8.79. The molecule has 0 bridgehead atoms. The monoisotopic (exact) mass is 385 g/mol. The summed E-state index contributed by atoms with van der Waals surface area (Å²) in [7, 11) is 0. The molecule has 0 saturated heterocycles. The Hall–Kier alpha value is -1.98. The third-order valence-electron chi connectivity index (χ3n) is 4.22. The zero-order chi connectivity index (χ0) is 17.1. The number of rotatable bonds is 4. The fourth-order valence-electron chi connectivity index (χ4n) is 2.88. The van der Waals surface area contributed by atoms with E-state index >= 15 is 0 Å². The van der Waals surface area contributed by atoms with Crippen LogP contribution in [0, 0.1) is 13.8 Å². The molecule has 3 rings (SSSR count). The highest BCUT2D eigenvalue weighted by molar-refractivity contribution is 9.10. The Kier molecular flexibility index (Phi) is 5.11. The Morgan fingerprint density at radius 3 is 2.50 bits per heavy atom. The van der Waals surface area contributed by atoms with Crippen molar-refractivity contribution in [3.8, 4) is 0 Å². The van der Waals surface area contributed by atoms with Crippen LogP contribution in [-0.4, -0.2) is 23.6 Å². The van der Waals surface area contributed by atoms with Crippen LogP contribution >= 0.6 is 15.9 Å². The Morgan fingerprint density at radius 2 is 1.88 bits per heavy atom. The van der Waals surface area contributed by atoms with Crippen molar-refractivity contribution in [2.24, 2.45) is 5.10 Å². The van der Waals surface area contributed by atoms with Crippen LogP contribution in [0.1, 0.15) is 27.8 Å². The average Bonchev–Trinajstić information content (AvgIpc) is 2.89. The van der Waals surface area contributed by atoms with Gasteiger partial charge in [0.1, 0.15) is 0 Å². The topological polar surface area (TPSA) is 44.7 Å². The minimum absolute atomic E-state index is 0.0949. The third-order valence-corrected chi connectivity index (χ3v) is 4.72. The van der Waals surface area contributed by atoms with Gasteiger partial charge in [0.15, 0.2) is 0 Å². The highest BCUT2D eigenvalue weighted by Gasteiger charge is 2.21. The molecule has 0 saturated carbocycles. The molecule has 0 fully saturated rings. The molecule has 124 valence electrons. The Bertz CT molecular complexity index is 770. The van der Waals surface area contributed by atoms with Crippen molar-refractivity contribution in [1.29, 1.82) is 0 Å². The highest BCUT2D eigenvalue weighted by Crippen LogP contribution is 2.25. The summed E-state index contributed by atoms with van der Waals surface area (Å²) in [6.07, 6.45) is 1.65. The first kappa shape index (κ1) is 16.9. The lowest BCUT2D eigenvalue weighted by atomic mass is 10.0. The fourth-order valence-corrected chi connectivity index (χ4v) is 3.30. The number of carbonyl (C=O) groups excluding carboxylic acids is 1. The molecule has 0 aromatic heterocycles. The van der Waals surface area contributed by atoms with E-state index in [1.165, 1.54) is 22.3 Å². The number of hydrogen-bond donors (Lipinski definition) is 1. The Balaban J connectivity index is 1.53. The first-order chi connectivity index (χ1) is 11.5. The van der Waals surface area contributed by atoms with E-state index in [-0.39, 0.29) is 5.91 Å². The van der Waals surface area contributed by atoms with Crippen LogP contribution < -0.4 is 5.43 Å². The average molecular weight is 386 g/mol. The summed E-state index contributed by atoms with van der Waals surface area (Å²) in [4.78, 5) is 14.2. The van der Waals surface area contributed by atoms with Crippen molar-refractivity contribution in [3.63, 3.8) is 0 Å². The maximum absolute atomic E-state index is 12.1. The largest absolute Gasteiger partial charge is 0.286 e. The van der Waals surface area contributed by atoms with Gasteiger partial charge in [-0.25, -0.2) is 5.43 Å². The smallest absolute Gasteiger partial charge is 0.254 e. The van der Waals surface area contributed by atoms with Gasteiger partial charge in [-0.3, -0.25) is 9.69 Å². The van der Waals surface area contributed by atoms with E-state index in [0.29, 0.717) is 6.54 Å². The van der Waals surface area contributed by atoms with Crippen LogP contribution in [0.2, 0.25) is 0 Å². The van der Waals surface area contributed by atoms with Gasteiger partial charge < -0.3 is 0 Å². The maximum Gasteiger partial charge on any atom is 0.254 e. The Morgan fingerprint density at radius 1 is 1.21 bits per heavy atom. The number of hydrazone groups is 1. The number of fused-ring (bicyclic) bond motifs is 1. The fraction of sp³-hybridized carbons (Fsp3) is 0.263. The predicted molar refractivity (Wildman–Crippen MR) is 99.9 cm³/mol. The second-order valence-corrected chi connectivity index (χ2v) is 7.11. The molecule has 5 heteroatoms. The first-order valence-electron chi connectivity index (χ1n) is 7.90. The summed E-state index contributed by atoms with van der Waals surface area (Å²) < 4.78 is 0.984. The van der Waals surface area contributed by atoms with Gasteiger partial charge in [-0.1, -0.05) is 40.2 Å². The molecule has 0 aliphatic carbocycles. The van der Waals surface area contributed by atoms with Gasteiger partial charge >= 0.3 is 0 Å². The van der Waals surface area contributed by atoms with E-state index in [4.69, 9.17) is 0 Å². The molecule has 2 aromatic rings. The van der Waals surface area contributed by atoms with Gasteiger partial charge in [-0.2, -0.15) is 5.10 Å². The lowest BCUT2D eigenvalue weighted by Crippen LogP contribution is -2.32. The number of aryl methyl sites for hydroxylation is 2. The van der Waals surface area contributed by atoms with E-state index in [1.807, 2.05) is 24.3 Å². The second kappa shape index (κ2) is 7.28. The molecule has 1 aliphatic heterocycles. The summed E-state index contributed by atoms with van der Waals surface area (Å²) in [5.74, 6) is -0.0949.